The first kappa shape index (κ1) is 18.5. The Hall–Kier alpha value is -1.59. The number of esters is 1. The van der Waals surface area contributed by atoms with E-state index in [1.807, 2.05) is 45.2 Å². The highest BCUT2D eigenvalue weighted by molar-refractivity contribution is 5.70. The van der Waals surface area contributed by atoms with Crippen molar-refractivity contribution in [3.8, 4) is 5.75 Å². The Morgan fingerprint density at radius 1 is 1.32 bits per heavy atom. The van der Waals surface area contributed by atoms with Crippen LogP contribution in [-0.2, 0) is 16.1 Å². The summed E-state index contributed by atoms with van der Waals surface area (Å²) in [5.74, 6) is 0.318. The minimum absolute atomic E-state index is 0.0498. The van der Waals surface area contributed by atoms with E-state index in [4.69, 9.17) is 4.74 Å². The van der Waals surface area contributed by atoms with Crippen LogP contribution in [0.2, 0.25) is 0 Å². The number of hydrogen-bond donors (Lipinski definition) is 1. The molecule has 0 aliphatic carbocycles. The molecule has 124 valence electrons. The van der Waals surface area contributed by atoms with Gasteiger partial charge in [0.15, 0.2) is 6.61 Å². The van der Waals surface area contributed by atoms with E-state index in [0.717, 1.165) is 19.6 Å². The lowest BCUT2D eigenvalue weighted by atomic mass is 10.2. The number of likely N-dealkylation sites (N-methyl/N-ethyl adjacent to an activating group) is 1. The van der Waals surface area contributed by atoms with Crippen molar-refractivity contribution in [2.45, 2.75) is 32.9 Å². The lowest BCUT2D eigenvalue weighted by molar-refractivity contribution is -0.142. The van der Waals surface area contributed by atoms with Crippen LogP contribution in [0.5, 0.6) is 5.75 Å². The van der Waals surface area contributed by atoms with Crippen molar-refractivity contribution < 1.29 is 14.3 Å². The number of methoxy groups -OCH3 is 1. The van der Waals surface area contributed by atoms with Crippen molar-refractivity contribution in [3.05, 3.63) is 29.8 Å². The minimum Gasteiger partial charge on any atom is -0.482 e. The number of hydrogen-bond acceptors (Lipinski definition) is 5. The number of benzene rings is 1. The summed E-state index contributed by atoms with van der Waals surface area (Å²) in [6, 6.07) is 8.48. The van der Waals surface area contributed by atoms with Gasteiger partial charge in [-0.25, -0.2) is 4.79 Å². The normalized spacial score (nSPS) is 17.5. The van der Waals surface area contributed by atoms with Crippen LogP contribution in [0.25, 0.3) is 0 Å². The Morgan fingerprint density at radius 3 is 2.55 bits per heavy atom. The zero-order chi connectivity index (χ0) is 16.4. The van der Waals surface area contributed by atoms with Gasteiger partial charge in [0.1, 0.15) is 5.75 Å². The highest BCUT2D eigenvalue weighted by Crippen LogP contribution is 2.16. The van der Waals surface area contributed by atoms with E-state index in [1.54, 1.807) is 0 Å². The second-order valence-electron chi connectivity index (χ2n) is 5.02. The SMILES string of the molecule is CC.CN[C@@H]1CCN(Cc2ccc(OCC(=O)OC)cc2)C1. The van der Waals surface area contributed by atoms with E-state index in [2.05, 4.69) is 15.0 Å². The molecular formula is C17H28N2O3. The average molecular weight is 308 g/mol. The fourth-order valence-electron chi connectivity index (χ4n) is 2.36. The van der Waals surface area contributed by atoms with Crippen LogP contribution >= 0.6 is 0 Å². The third-order valence-electron chi connectivity index (χ3n) is 3.59. The molecule has 1 aromatic carbocycles. The molecule has 0 saturated carbocycles. The summed E-state index contributed by atoms with van der Waals surface area (Å²) in [5, 5.41) is 3.32. The summed E-state index contributed by atoms with van der Waals surface area (Å²) in [4.78, 5) is 13.4. The van der Waals surface area contributed by atoms with Crippen LogP contribution in [0, 0.1) is 0 Å². The fraction of sp³-hybridized carbons (Fsp3) is 0.588. The van der Waals surface area contributed by atoms with Crippen molar-refractivity contribution in [1.29, 1.82) is 0 Å². The summed E-state index contributed by atoms with van der Waals surface area (Å²) >= 11 is 0. The lowest BCUT2D eigenvalue weighted by Crippen LogP contribution is -2.29. The van der Waals surface area contributed by atoms with E-state index >= 15 is 0 Å². The maximum Gasteiger partial charge on any atom is 0.343 e. The number of nitrogens with zero attached hydrogens (tertiary/aromatic N) is 1. The molecule has 0 spiro atoms. The molecule has 1 heterocycles. The van der Waals surface area contributed by atoms with Gasteiger partial charge < -0.3 is 14.8 Å². The van der Waals surface area contributed by atoms with Gasteiger partial charge in [-0.05, 0) is 31.2 Å². The van der Waals surface area contributed by atoms with Crippen LogP contribution in [0.4, 0.5) is 0 Å². The second kappa shape index (κ2) is 10.2. The van der Waals surface area contributed by atoms with Gasteiger partial charge >= 0.3 is 5.97 Å². The number of carbonyl (C=O) groups excluding carboxylic acids is 1. The monoisotopic (exact) mass is 308 g/mol. The minimum atomic E-state index is -0.371. The zero-order valence-corrected chi connectivity index (χ0v) is 14.1. The van der Waals surface area contributed by atoms with Crippen molar-refractivity contribution in [3.63, 3.8) is 0 Å². The molecule has 2 rings (SSSR count). The van der Waals surface area contributed by atoms with Crippen LogP contribution < -0.4 is 10.1 Å². The molecule has 1 aliphatic heterocycles. The molecule has 0 unspecified atom stereocenters. The van der Waals surface area contributed by atoms with Crippen molar-refractivity contribution in [2.24, 2.45) is 0 Å². The molecule has 1 N–H and O–H groups in total. The van der Waals surface area contributed by atoms with E-state index in [1.165, 1.54) is 19.1 Å². The fourth-order valence-corrected chi connectivity index (χ4v) is 2.36. The molecule has 0 radical (unpaired) electrons. The zero-order valence-electron chi connectivity index (χ0n) is 14.1. The molecule has 0 amide bonds. The Labute approximate surface area is 133 Å². The first-order chi connectivity index (χ1) is 10.7. The summed E-state index contributed by atoms with van der Waals surface area (Å²) in [6.07, 6.45) is 1.21. The van der Waals surface area contributed by atoms with E-state index in [9.17, 15) is 4.79 Å². The van der Waals surface area contributed by atoms with Crippen LogP contribution in [0.1, 0.15) is 25.8 Å². The quantitative estimate of drug-likeness (QED) is 0.815. The topological polar surface area (TPSA) is 50.8 Å². The third-order valence-corrected chi connectivity index (χ3v) is 3.59. The number of rotatable bonds is 6. The van der Waals surface area contributed by atoms with Gasteiger partial charge in [0, 0.05) is 25.7 Å². The van der Waals surface area contributed by atoms with Crippen LogP contribution in [-0.4, -0.2) is 50.8 Å². The first-order valence-electron chi connectivity index (χ1n) is 7.89. The Bertz CT molecular complexity index is 434. The largest absolute Gasteiger partial charge is 0.482 e. The van der Waals surface area contributed by atoms with Crippen LogP contribution in [0.3, 0.4) is 0 Å². The standard InChI is InChI=1S/C15H22N2O3.C2H6/c1-16-13-7-8-17(10-13)9-12-3-5-14(6-4-12)20-11-15(18)19-2;1-2/h3-6,13,16H,7-11H2,1-2H3;1-2H3/t13-;/m1./s1. The molecular weight excluding hydrogens is 280 g/mol. The molecule has 5 nitrogen and oxygen atoms in total. The van der Waals surface area contributed by atoms with Crippen molar-refractivity contribution >= 4 is 5.97 Å². The Morgan fingerprint density at radius 2 is 2.00 bits per heavy atom. The van der Waals surface area contributed by atoms with Gasteiger partial charge in [0.25, 0.3) is 0 Å². The van der Waals surface area contributed by atoms with Crippen molar-refractivity contribution in [2.75, 3.05) is 33.9 Å². The predicted octanol–water partition coefficient (Wildman–Crippen LogP) is 2.06. The van der Waals surface area contributed by atoms with Gasteiger partial charge in [-0.2, -0.15) is 0 Å². The number of likely N-dealkylation sites (tertiary alicyclic amines) is 1. The Balaban J connectivity index is 0.00000116. The summed E-state index contributed by atoms with van der Waals surface area (Å²) < 4.78 is 9.85. The third kappa shape index (κ3) is 6.03. The van der Waals surface area contributed by atoms with Crippen molar-refractivity contribution in [1.82, 2.24) is 10.2 Å². The molecule has 22 heavy (non-hydrogen) atoms. The molecule has 5 heteroatoms. The molecule has 1 aliphatic rings. The maximum absolute atomic E-state index is 11.0. The van der Waals surface area contributed by atoms with Gasteiger partial charge in [-0.3, -0.25) is 4.90 Å². The summed E-state index contributed by atoms with van der Waals surface area (Å²) in [5.41, 5.74) is 1.26. The van der Waals surface area contributed by atoms with Crippen LogP contribution in [0.15, 0.2) is 24.3 Å². The Kier molecular flexibility index (Phi) is 8.55. The molecule has 0 aromatic heterocycles. The highest BCUT2D eigenvalue weighted by Gasteiger charge is 2.20. The molecule has 1 atom stereocenters. The van der Waals surface area contributed by atoms with Gasteiger partial charge in [0.05, 0.1) is 7.11 Å². The molecule has 1 saturated heterocycles. The van der Waals surface area contributed by atoms with Gasteiger partial charge in [0.2, 0.25) is 0 Å². The van der Waals surface area contributed by atoms with E-state index in [0.29, 0.717) is 11.8 Å². The van der Waals surface area contributed by atoms with Gasteiger partial charge in [-0.1, -0.05) is 26.0 Å². The average Bonchev–Trinajstić information content (AvgIpc) is 3.03. The summed E-state index contributed by atoms with van der Waals surface area (Å²) in [6.45, 7) is 7.13. The predicted molar refractivity (Wildman–Crippen MR) is 88.0 cm³/mol. The number of ether oxygens (including phenoxy) is 2. The number of carbonyl (C=O) groups is 1. The first-order valence-corrected chi connectivity index (χ1v) is 7.89. The van der Waals surface area contributed by atoms with E-state index in [-0.39, 0.29) is 12.6 Å². The van der Waals surface area contributed by atoms with E-state index < -0.39 is 0 Å². The molecule has 0 bridgehead atoms. The highest BCUT2D eigenvalue weighted by atomic mass is 16.6. The summed E-state index contributed by atoms with van der Waals surface area (Å²) in [7, 11) is 3.37. The lowest BCUT2D eigenvalue weighted by Gasteiger charge is -2.16. The smallest absolute Gasteiger partial charge is 0.343 e. The maximum atomic E-state index is 11.0. The number of nitrogens with one attached hydrogen (secondary N) is 1. The molecule has 1 aromatic rings. The van der Waals surface area contributed by atoms with Gasteiger partial charge in [-0.15, -0.1) is 0 Å². The second-order valence-corrected chi connectivity index (χ2v) is 5.02. The molecule has 1 fully saturated rings.